The molecule has 0 amide bonds. The van der Waals surface area contributed by atoms with Crippen LogP contribution in [0.2, 0.25) is 5.02 Å². The summed E-state index contributed by atoms with van der Waals surface area (Å²) in [6.45, 7) is 2.44. The van der Waals surface area contributed by atoms with Gasteiger partial charge in [-0.2, -0.15) is 0 Å². The first-order chi connectivity index (χ1) is 13.6. The third-order valence-electron chi connectivity index (χ3n) is 4.19. The highest BCUT2D eigenvalue weighted by Gasteiger charge is 2.07. The van der Waals surface area contributed by atoms with Crippen LogP contribution in [0, 0.1) is 0 Å². The Balaban J connectivity index is 1.72. The number of hydrogen-bond donors (Lipinski definition) is 0. The second-order valence-electron chi connectivity index (χ2n) is 6.13. The molecule has 0 unspecified atom stereocenters. The molecule has 144 valence electrons. The van der Waals surface area contributed by atoms with Crippen LogP contribution in [-0.4, -0.2) is 12.9 Å². The Morgan fingerprint density at radius 1 is 1.11 bits per heavy atom. The summed E-state index contributed by atoms with van der Waals surface area (Å²) < 4.78 is 11.3. The first-order valence-electron chi connectivity index (χ1n) is 8.95. The zero-order chi connectivity index (χ0) is 19.9. The van der Waals surface area contributed by atoms with E-state index in [4.69, 9.17) is 21.1 Å². The predicted molar refractivity (Wildman–Crippen MR) is 116 cm³/mol. The first-order valence-corrected chi connectivity index (χ1v) is 10.1. The lowest BCUT2D eigenvalue weighted by molar-refractivity contribution is 0.105. The molecule has 3 nitrogen and oxygen atoms in total. The number of allylic oxidation sites excluding steroid dienone is 1. The maximum atomic E-state index is 12.4. The molecule has 0 fully saturated rings. The van der Waals surface area contributed by atoms with Gasteiger partial charge in [-0.15, -0.1) is 11.3 Å². The van der Waals surface area contributed by atoms with Gasteiger partial charge in [0.15, 0.2) is 5.78 Å². The fraction of sp³-hybridized carbons (Fsp3) is 0.174. The summed E-state index contributed by atoms with van der Waals surface area (Å²) in [5, 5.41) is 0.665. The molecule has 0 aliphatic carbocycles. The van der Waals surface area contributed by atoms with Crippen LogP contribution in [0.3, 0.4) is 0 Å². The summed E-state index contributed by atoms with van der Waals surface area (Å²) in [5.74, 6) is 1.48. The van der Waals surface area contributed by atoms with Crippen LogP contribution in [-0.2, 0) is 13.0 Å². The van der Waals surface area contributed by atoms with Crippen LogP contribution < -0.4 is 9.47 Å². The second-order valence-corrected chi connectivity index (χ2v) is 7.74. The van der Waals surface area contributed by atoms with E-state index >= 15 is 0 Å². The molecular formula is C23H21ClO3S. The highest BCUT2D eigenvalue weighted by atomic mass is 35.5. The van der Waals surface area contributed by atoms with Crippen LogP contribution in [0.5, 0.6) is 11.5 Å². The minimum absolute atomic E-state index is 0.0134. The van der Waals surface area contributed by atoms with E-state index in [2.05, 4.69) is 6.92 Å². The van der Waals surface area contributed by atoms with E-state index < -0.39 is 0 Å². The van der Waals surface area contributed by atoms with E-state index in [9.17, 15) is 4.79 Å². The zero-order valence-corrected chi connectivity index (χ0v) is 17.3. The average molecular weight is 413 g/mol. The van der Waals surface area contributed by atoms with E-state index in [1.165, 1.54) is 4.88 Å². The van der Waals surface area contributed by atoms with Crippen molar-refractivity contribution in [3.63, 3.8) is 0 Å². The molecule has 1 heterocycles. The molecule has 0 radical (unpaired) electrons. The molecule has 0 spiro atoms. The quantitative estimate of drug-likeness (QED) is 0.315. The highest BCUT2D eigenvalue weighted by Crippen LogP contribution is 2.24. The van der Waals surface area contributed by atoms with Gasteiger partial charge in [-0.25, -0.2) is 0 Å². The number of aryl methyl sites for hydroxylation is 1. The number of carbonyl (C=O) groups excluding carboxylic acids is 1. The molecule has 0 saturated heterocycles. The van der Waals surface area contributed by atoms with E-state index in [1.807, 2.05) is 48.5 Å². The maximum absolute atomic E-state index is 12.4. The van der Waals surface area contributed by atoms with Crippen LogP contribution in [0.4, 0.5) is 0 Å². The summed E-state index contributed by atoms with van der Waals surface area (Å²) in [7, 11) is 1.63. The summed E-state index contributed by atoms with van der Waals surface area (Å²) in [5.41, 5.74) is 1.81. The van der Waals surface area contributed by atoms with Crippen molar-refractivity contribution >= 4 is 34.8 Å². The van der Waals surface area contributed by atoms with E-state index in [-0.39, 0.29) is 5.78 Å². The SMILES string of the molecule is CCc1ccc(C(=O)/C=C/c2ccc(OC)c(COc3ccc(Cl)cc3)c2)s1. The molecule has 3 aromatic rings. The van der Waals surface area contributed by atoms with Crippen molar-refractivity contribution in [3.05, 3.63) is 86.6 Å². The Labute approximate surface area is 174 Å². The Hall–Kier alpha value is -2.56. The highest BCUT2D eigenvalue weighted by molar-refractivity contribution is 7.14. The molecule has 5 heteroatoms. The van der Waals surface area contributed by atoms with Gasteiger partial charge in [-0.05, 0) is 66.6 Å². The van der Waals surface area contributed by atoms with E-state index in [1.54, 1.807) is 36.7 Å². The smallest absolute Gasteiger partial charge is 0.195 e. The lowest BCUT2D eigenvalue weighted by atomic mass is 10.1. The van der Waals surface area contributed by atoms with E-state index in [0.717, 1.165) is 33.9 Å². The standard InChI is InChI=1S/C23H21ClO3S/c1-3-20-10-13-23(28-20)21(25)11-4-16-5-12-22(26-2)17(14-16)15-27-19-8-6-18(24)7-9-19/h4-14H,3,15H2,1-2H3/b11-4+. The summed E-state index contributed by atoms with van der Waals surface area (Å²) in [4.78, 5) is 14.3. The molecule has 0 N–H and O–H groups in total. The minimum atomic E-state index is 0.0134. The molecule has 1 aromatic heterocycles. The van der Waals surface area contributed by atoms with Gasteiger partial charge in [0.25, 0.3) is 0 Å². The van der Waals surface area contributed by atoms with Crippen molar-refractivity contribution in [2.45, 2.75) is 20.0 Å². The third-order valence-corrected chi connectivity index (χ3v) is 5.69. The fourth-order valence-electron chi connectivity index (χ4n) is 2.66. The van der Waals surface area contributed by atoms with Crippen LogP contribution in [0.25, 0.3) is 6.08 Å². The van der Waals surface area contributed by atoms with Crippen molar-refractivity contribution in [1.82, 2.24) is 0 Å². The molecular weight excluding hydrogens is 392 g/mol. The van der Waals surface area contributed by atoms with Gasteiger partial charge in [0.05, 0.1) is 12.0 Å². The number of carbonyl (C=O) groups is 1. The van der Waals surface area contributed by atoms with Gasteiger partial charge in [0, 0.05) is 15.5 Å². The average Bonchev–Trinajstić information content (AvgIpc) is 3.21. The third kappa shape index (κ3) is 5.24. The molecule has 0 atom stereocenters. The first kappa shape index (κ1) is 20.2. The van der Waals surface area contributed by atoms with Gasteiger partial charge in [0.2, 0.25) is 0 Å². The number of methoxy groups -OCH3 is 1. The molecule has 0 aliphatic heterocycles. The van der Waals surface area contributed by atoms with Gasteiger partial charge < -0.3 is 9.47 Å². The van der Waals surface area contributed by atoms with Crippen molar-refractivity contribution in [2.24, 2.45) is 0 Å². The second kappa shape index (κ2) is 9.58. The minimum Gasteiger partial charge on any atom is -0.496 e. The summed E-state index contributed by atoms with van der Waals surface area (Å²) in [6, 6.07) is 16.9. The summed E-state index contributed by atoms with van der Waals surface area (Å²) >= 11 is 7.44. The monoisotopic (exact) mass is 412 g/mol. The van der Waals surface area contributed by atoms with Gasteiger partial charge in [-0.1, -0.05) is 30.7 Å². The molecule has 2 aromatic carbocycles. The van der Waals surface area contributed by atoms with Gasteiger partial charge in [0.1, 0.15) is 18.1 Å². The molecule has 0 aliphatic rings. The number of halogens is 1. The number of ether oxygens (including phenoxy) is 2. The molecule has 0 saturated carbocycles. The maximum Gasteiger partial charge on any atom is 0.195 e. The van der Waals surface area contributed by atoms with Crippen molar-refractivity contribution in [3.8, 4) is 11.5 Å². The van der Waals surface area contributed by atoms with Gasteiger partial charge in [-0.3, -0.25) is 4.79 Å². The number of benzene rings is 2. The van der Waals surface area contributed by atoms with Crippen LogP contribution in [0.15, 0.2) is 60.7 Å². The van der Waals surface area contributed by atoms with Crippen molar-refractivity contribution in [2.75, 3.05) is 7.11 Å². The normalized spacial score (nSPS) is 11.0. The Morgan fingerprint density at radius 2 is 1.89 bits per heavy atom. The van der Waals surface area contributed by atoms with Gasteiger partial charge >= 0.3 is 0 Å². The zero-order valence-electron chi connectivity index (χ0n) is 15.8. The van der Waals surface area contributed by atoms with Crippen LogP contribution in [0.1, 0.15) is 32.6 Å². The molecule has 28 heavy (non-hydrogen) atoms. The van der Waals surface area contributed by atoms with E-state index in [0.29, 0.717) is 11.6 Å². The Bertz CT molecular complexity index is 974. The predicted octanol–water partition coefficient (Wildman–Crippen LogP) is 6.45. The molecule has 0 bridgehead atoms. The topological polar surface area (TPSA) is 35.5 Å². The van der Waals surface area contributed by atoms with Crippen LogP contribution >= 0.6 is 22.9 Å². The number of thiophene rings is 1. The lowest BCUT2D eigenvalue weighted by Crippen LogP contribution is -1.99. The molecule has 3 rings (SSSR count). The lowest BCUT2D eigenvalue weighted by Gasteiger charge is -2.11. The fourth-order valence-corrected chi connectivity index (χ4v) is 3.65. The number of ketones is 1. The Kier molecular flexibility index (Phi) is 6.90. The Morgan fingerprint density at radius 3 is 2.57 bits per heavy atom. The largest absolute Gasteiger partial charge is 0.496 e. The van der Waals surface area contributed by atoms with Crippen molar-refractivity contribution < 1.29 is 14.3 Å². The number of rotatable bonds is 8. The number of hydrogen-bond acceptors (Lipinski definition) is 4. The van der Waals surface area contributed by atoms with Crippen molar-refractivity contribution in [1.29, 1.82) is 0 Å². The summed E-state index contributed by atoms with van der Waals surface area (Å²) in [6.07, 6.45) is 4.37.